The molecule has 2 N–H and O–H groups in total. The molecule has 3 rings (SSSR count). The number of nitrogens with one attached hydrogen (secondary N) is 2. The molecule has 0 aromatic heterocycles. The van der Waals surface area contributed by atoms with Gasteiger partial charge in [-0.3, -0.25) is 4.79 Å². The number of carbonyl (C=O) groups is 1. The summed E-state index contributed by atoms with van der Waals surface area (Å²) in [5.41, 5.74) is 2.17. The van der Waals surface area contributed by atoms with Crippen molar-refractivity contribution in [3.63, 3.8) is 0 Å². The summed E-state index contributed by atoms with van der Waals surface area (Å²) in [4.78, 5) is 14.1. The molecule has 2 saturated heterocycles. The number of carbonyl (C=O) groups excluding carboxylic acids is 1. The second-order valence-electron chi connectivity index (χ2n) is 6.97. The first-order chi connectivity index (χ1) is 11.2. The van der Waals surface area contributed by atoms with Gasteiger partial charge in [-0.25, -0.2) is 0 Å². The second kappa shape index (κ2) is 7.45. The van der Waals surface area contributed by atoms with Gasteiger partial charge >= 0.3 is 0 Å². The van der Waals surface area contributed by atoms with Gasteiger partial charge in [-0.2, -0.15) is 0 Å². The molecule has 2 aliphatic heterocycles. The van der Waals surface area contributed by atoms with E-state index in [1.165, 1.54) is 44.3 Å². The predicted octanol–water partition coefficient (Wildman–Crippen LogP) is 3.31. The Hall–Kier alpha value is -1.39. The molecule has 126 valence electrons. The summed E-state index contributed by atoms with van der Waals surface area (Å²) in [6.07, 6.45) is 5.80. The molecular weight excluding hydrogens is 286 g/mol. The number of hydrogen-bond acceptors (Lipinski definition) is 3. The van der Waals surface area contributed by atoms with Gasteiger partial charge in [0.2, 0.25) is 5.91 Å². The molecule has 0 bridgehead atoms. The quantitative estimate of drug-likeness (QED) is 0.876. The summed E-state index contributed by atoms with van der Waals surface area (Å²) in [5, 5.41) is 6.70. The third-order valence-electron chi connectivity index (χ3n) is 5.32. The van der Waals surface area contributed by atoms with Gasteiger partial charge in [0, 0.05) is 30.2 Å². The maximum absolute atomic E-state index is 11.4. The Kier molecular flexibility index (Phi) is 5.34. The minimum absolute atomic E-state index is 0.0623. The van der Waals surface area contributed by atoms with E-state index in [1.54, 1.807) is 0 Å². The smallest absolute Gasteiger partial charge is 0.224 e. The first-order valence-electron chi connectivity index (χ1n) is 9.05. The van der Waals surface area contributed by atoms with Crippen LogP contribution in [0.25, 0.3) is 0 Å². The van der Waals surface area contributed by atoms with E-state index in [0.29, 0.717) is 18.5 Å². The SMILES string of the molecule is CCC(=O)Nc1ccc([C@H](C)N[C@H]2CCN3CCC[C@@H]3C2)cc1. The molecule has 3 atom stereocenters. The maximum Gasteiger partial charge on any atom is 0.224 e. The van der Waals surface area contributed by atoms with E-state index >= 15 is 0 Å². The predicted molar refractivity (Wildman–Crippen MR) is 94.5 cm³/mol. The molecule has 1 amide bonds. The highest BCUT2D eigenvalue weighted by atomic mass is 16.1. The molecular formula is C19H29N3O. The van der Waals surface area contributed by atoms with E-state index in [0.717, 1.165) is 11.7 Å². The van der Waals surface area contributed by atoms with Crippen molar-refractivity contribution in [1.29, 1.82) is 0 Å². The Balaban J connectivity index is 1.53. The van der Waals surface area contributed by atoms with Crippen LogP contribution in [0.3, 0.4) is 0 Å². The fourth-order valence-electron chi connectivity index (χ4n) is 3.93. The van der Waals surface area contributed by atoms with Crippen molar-refractivity contribution in [2.75, 3.05) is 18.4 Å². The Morgan fingerprint density at radius 2 is 2.04 bits per heavy atom. The van der Waals surface area contributed by atoms with Gasteiger partial charge in [0.25, 0.3) is 0 Å². The summed E-state index contributed by atoms with van der Waals surface area (Å²) in [6, 6.07) is 10.0. The van der Waals surface area contributed by atoms with Crippen molar-refractivity contribution in [1.82, 2.24) is 10.2 Å². The Bertz CT molecular complexity index is 528. The highest BCUT2D eigenvalue weighted by Gasteiger charge is 2.31. The monoisotopic (exact) mass is 315 g/mol. The van der Waals surface area contributed by atoms with E-state index in [-0.39, 0.29) is 5.91 Å². The average Bonchev–Trinajstić information content (AvgIpc) is 3.03. The Labute approximate surface area is 139 Å². The zero-order chi connectivity index (χ0) is 16.2. The Morgan fingerprint density at radius 1 is 1.26 bits per heavy atom. The van der Waals surface area contributed by atoms with E-state index in [9.17, 15) is 4.79 Å². The maximum atomic E-state index is 11.4. The van der Waals surface area contributed by atoms with Crippen molar-refractivity contribution >= 4 is 11.6 Å². The van der Waals surface area contributed by atoms with E-state index in [1.807, 2.05) is 19.1 Å². The molecule has 4 heteroatoms. The summed E-state index contributed by atoms with van der Waals surface area (Å²) >= 11 is 0. The number of benzene rings is 1. The van der Waals surface area contributed by atoms with Gasteiger partial charge in [-0.05, 0) is 63.4 Å². The third kappa shape index (κ3) is 4.12. The molecule has 1 aromatic carbocycles. The zero-order valence-corrected chi connectivity index (χ0v) is 14.3. The van der Waals surface area contributed by atoms with Crippen LogP contribution >= 0.6 is 0 Å². The molecule has 2 heterocycles. The summed E-state index contributed by atoms with van der Waals surface area (Å²) < 4.78 is 0. The van der Waals surface area contributed by atoms with Crippen molar-refractivity contribution in [2.24, 2.45) is 0 Å². The molecule has 0 unspecified atom stereocenters. The summed E-state index contributed by atoms with van der Waals surface area (Å²) in [6.45, 7) is 6.65. The lowest BCUT2D eigenvalue weighted by Crippen LogP contribution is -2.46. The van der Waals surface area contributed by atoms with Crippen molar-refractivity contribution in [2.45, 2.75) is 64.1 Å². The van der Waals surface area contributed by atoms with E-state index < -0.39 is 0 Å². The molecule has 23 heavy (non-hydrogen) atoms. The third-order valence-corrected chi connectivity index (χ3v) is 5.32. The molecule has 0 saturated carbocycles. The number of piperidine rings is 1. The molecule has 0 aliphatic carbocycles. The molecule has 4 nitrogen and oxygen atoms in total. The highest BCUT2D eigenvalue weighted by Crippen LogP contribution is 2.28. The van der Waals surface area contributed by atoms with Gasteiger partial charge in [0.05, 0.1) is 0 Å². The van der Waals surface area contributed by atoms with Crippen LogP contribution in [0, 0.1) is 0 Å². The van der Waals surface area contributed by atoms with Crippen molar-refractivity contribution in [3.05, 3.63) is 29.8 Å². The van der Waals surface area contributed by atoms with Crippen LogP contribution in [0.1, 0.15) is 57.6 Å². The number of hydrogen-bond donors (Lipinski definition) is 2. The van der Waals surface area contributed by atoms with Crippen LogP contribution in [-0.4, -0.2) is 36.0 Å². The lowest BCUT2D eigenvalue weighted by atomic mass is 9.96. The lowest BCUT2D eigenvalue weighted by molar-refractivity contribution is -0.115. The zero-order valence-electron chi connectivity index (χ0n) is 14.3. The van der Waals surface area contributed by atoms with Gasteiger partial charge in [-0.15, -0.1) is 0 Å². The van der Waals surface area contributed by atoms with Crippen LogP contribution in [0.2, 0.25) is 0 Å². The summed E-state index contributed by atoms with van der Waals surface area (Å²) in [7, 11) is 0. The van der Waals surface area contributed by atoms with Crippen LogP contribution in [0.5, 0.6) is 0 Å². The van der Waals surface area contributed by atoms with Gasteiger partial charge in [0.1, 0.15) is 0 Å². The molecule has 2 aliphatic rings. The van der Waals surface area contributed by atoms with Crippen molar-refractivity contribution < 1.29 is 4.79 Å². The van der Waals surface area contributed by atoms with Crippen LogP contribution in [0.15, 0.2) is 24.3 Å². The first-order valence-corrected chi connectivity index (χ1v) is 9.05. The number of nitrogens with zero attached hydrogens (tertiary/aromatic N) is 1. The number of fused-ring (bicyclic) bond motifs is 1. The normalized spacial score (nSPS) is 25.8. The number of rotatable bonds is 5. The average molecular weight is 315 g/mol. The van der Waals surface area contributed by atoms with Gasteiger partial charge < -0.3 is 15.5 Å². The van der Waals surface area contributed by atoms with Crippen molar-refractivity contribution in [3.8, 4) is 0 Å². The lowest BCUT2D eigenvalue weighted by Gasteiger charge is -2.36. The topological polar surface area (TPSA) is 44.4 Å². The molecule has 0 radical (unpaired) electrons. The minimum atomic E-state index is 0.0623. The fraction of sp³-hybridized carbons (Fsp3) is 0.632. The Morgan fingerprint density at radius 3 is 2.78 bits per heavy atom. The molecule has 2 fully saturated rings. The largest absolute Gasteiger partial charge is 0.326 e. The van der Waals surface area contributed by atoms with Crippen LogP contribution in [0.4, 0.5) is 5.69 Å². The first kappa shape index (κ1) is 16.5. The van der Waals surface area contributed by atoms with Crippen LogP contribution in [-0.2, 0) is 4.79 Å². The molecule has 0 spiro atoms. The standard InChI is InChI=1S/C19H29N3O/c1-3-19(23)21-16-8-6-15(7-9-16)14(2)20-17-10-12-22-11-4-5-18(22)13-17/h6-9,14,17-18,20H,3-5,10-13H2,1-2H3,(H,21,23)/t14-,17-,18+/m0/s1. The number of amides is 1. The van der Waals surface area contributed by atoms with Crippen LogP contribution < -0.4 is 10.6 Å². The highest BCUT2D eigenvalue weighted by molar-refractivity contribution is 5.90. The van der Waals surface area contributed by atoms with Gasteiger partial charge in [-0.1, -0.05) is 19.1 Å². The van der Waals surface area contributed by atoms with E-state index in [4.69, 9.17) is 0 Å². The fourth-order valence-corrected chi connectivity index (χ4v) is 3.93. The minimum Gasteiger partial charge on any atom is -0.326 e. The van der Waals surface area contributed by atoms with E-state index in [2.05, 4.69) is 34.6 Å². The number of anilines is 1. The second-order valence-corrected chi connectivity index (χ2v) is 6.97. The van der Waals surface area contributed by atoms with Gasteiger partial charge in [0.15, 0.2) is 0 Å². The summed E-state index contributed by atoms with van der Waals surface area (Å²) in [5.74, 6) is 0.0623. The molecule has 1 aromatic rings.